The minimum absolute atomic E-state index is 1.13. The molecule has 2 aromatic carbocycles. The molecule has 0 spiro atoms. The first-order valence-corrected chi connectivity index (χ1v) is 5.89. The second-order valence-corrected chi connectivity index (χ2v) is 4.89. The molecule has 0 unspecified atom stereocenters. The molecule has 0 aliphatic carbocycles. The van der Waals surface area contributed by atoms with Crippen LogP contribution in [0.15, 0.2) is 48.5 Å². The van der Waals surface area contributed by atoms with Crippen LogP contribution in [0, 0.1) is 6.92 Å². The standard InChI is InChI=1S/C13H14Si/c1-10-2-4-11(5-3-10)12-6-8-13(14)9-7-12/h2-9H,1,14H3. The first-order valence-electron chi connectivity index (χ1n) is 4.89. The molecule has 0 fully saturated rings. The Labute approximate surface area is 88.0 Å². The van der Waals surface area contributed by atoms with E-state index in [0.717, 1.165) is 10.2 Å². The Bertz CT molecular complexity index is 368. The fraction of sp³-hybridized carbons (Fsp3) is 0.0769. The van der Waals surface area contributed by atoms with E-state index in [4.69, 9.17) is 0 Å². The van der Waals surface area contributed by atoms with Gasteiger partial charge in [0, 0.05) is 10.2 Å². The summed E-state index contributed by atoms with van der Waals surface area (Å²) in [6.45, 7) is 2.12. The van der Waals surface area contributed by atoms with Gasteiger partial charge < -0.3 is 0 Å². The fourth-order valence-electron chi connectivity index (χ4n) is 1.49. The molecule has 2 rings (SSSR count). The number of rotatable bonds is 1. The summed E-state index contributed by atoms with van der Waals surface area (Å²) in [4.78, 5) is 0. The van der Waals surface area contributed by atoms with E-state index in [0.29, 0.717) is 0 Å². The zero-order chi connectivity index (χ0) is 9.97. The Hall–Kier alpha value is -1.34. The number of hydrogen-bond donors (Lipinski definition) is 0. The highest BCUT2D eigenvalue weighted by Crippen LogP contribution is 2.18. The first-order chi connectivity index (χ1) is 6.75. The minimum Gasteiger partial charge on any atom is -0.0707 e. The van der Waals surface area contributed by atoms with E-state index in [-0.39, 0.29) is 0 Å². The molecule has 0 atom stereocenters. The van der Waals surface area contributed by atoms with Crippen molar-refractivity contribution in [3.63, 3.8) is 0 Å². The lowest BCUT2D eigenvalue weighted by Crippen LogP contribution is -1.99. The van der Waals surface area contributed by atoms with Gasteiger partial charge in [-0.05, 0) is 18.1 Å². The molecule has 70 valence electrons. The third-order valence-corrected chi connectivity index (χ3v) is 3.10. The first kappa shape index (κ1) is 9.22. The molecule has 14 heavy (non-hydrogen) atoms. The molecule has 0 aromatic heterocycles. The summed E-state index contributed by atoms with van der Waals surface area (Å²) in [7, 11) is 1.13. The molecule has 0 nitrogen and oxygen atoms in total. The summed E-state index contributed by atoms with van der Waals surface area (Å²) in [6.07, 6.45) is 0. The van der Waals surface area contributed by atoms with E-state index >= 15 is 0 Å². The number of hydrogen-bond acceptors (Lipinski definition) is 0. The molecule has 2 aromatic rings. The molecule has 0 aliphatic rings. The maximum absolute atomic E-state index is 2.21. The van der Waals surface area contributed by atoms with Gasteiger partial charge in [0.05, 0.1) is 0 Å². The van der Waals surface area contributed by atoms with Gasteiger partial charge in [-0.1, -0.05) is 59.3 Å². The van der Waals surface area contributed by atoms with Crippen LogP contribution in [0.3, 0.4) is 0 Å². The summed E-state index contributed by atoms with van der Waals surface area (Å²) in [5.41, 5.74) is 3.93. The van der Waals surface area contributed by atoms with Crippen LogP contribution in [0.2, 0.25) is 0 Å². The normalized spacial score (nSPS) is 10.4. The van der Waals surface area contributed by atoms with E-state index in [2.05, 4.69) is 55.5 Å². The van der Waals surface area contributed by atoms with Gasteiger partial charge in [0.2, 0.25) is 0 Å². The molecule has 0 amide bonds. The quantitative estimate of drug-likeness (QED) is 0.611. The summed E-state index contributed by atoms with van der Waals surface area (Å²) < 4.78 is 0. The third-order valence-electron chi connectivity index (χ3n) is 2.44. The highest BCUT2D eigenvalue weighted by Gasteiger charge is 1.95. The molecule has 0 bridgehead atoms. The highest BCUT2D eigenvalue weighted by atomic mass is 28.1. The zero-order valence-electron chi connectivity index (χ0n) is 8.62. The Morgan fingerprint density at radius 1 is 0.714 bits per heavy atom. The molecular weight excluding hydrogens is 184 g/mol. The molecule has 0 aliphatic heterocycles. The van der Waals surface area contributed by atoms with Crippen molar-refractivity contribution in [2.45, 2.75) is 6.92 Å². The average molecular weight is 198 g/mol. The average Bonchev–Trinajstić information content (AvgIpc) is 2.21. The summed E-state index contributed by atoms with van der Waals surface area (Å²) in [5, 5.41) is 1.45. The monoisotopic (exact) mass is 198 g/mol. The topological polar surface area (TPSA) is 0 Å². The zero-order valence-corrected chi connectivity index (χ0v) is 10.6. The van der Waals surface area contributed by atoms with Crippen LogP contribution >= 0.6 is 0 Å². The second-order valence-electron chi connectivity index (χ2n) is 3.73. The number of benzene rings is 2. The molecule has 0 N–H and O–H groups in total. The van der Waals surface area contributed by atoms with Gasteiger partial charge in [-0.3, -0.25) is 0 Å². The van der Waals surface area contributed by atoms with Crippen LogP contribution in [0.1, 0.15) is 5.56 Å². The predicted molar refractivity (Wildman–Crippen MR) is 66.2 cm³/mol. The van der Waals surface area contributed by atoms with Gasteiger partial charge in [-0.15, -0.1) is 0 Å². The lowest BCUT2D eigenvalue weighted by Gasteiger charge is -2.02. The van der Waals surface area contributed by atoms with E-state index < -0.39 is 0 Å². The molecule has 0 heterocycles. The summed E-state index contributed by atoms with van der Waals surface area (Å²) >= 11 is 0. The Balaban J connectivity index is 2.40. The Kier molecular flexibility index (Phi) is 2.51. The maximum Gasteiger partial charge on any atom is 0.0384 e. The van der Waals surface area contributed by atoms with Gasteiger partial charge in [0.1, 0.15) is 0 Å². The smallest absolute Gasteiger partial charge is 0.0384 e. The molecule has 1 heteroatoms. The van der Waals surface area contributed by atoms with Crippen molar-refractivity contribution >= 4 is 15.4 Å². The Morgan fingerprint density at radius 3 is 1.64 bits per heavy atom. The molecule has 0 radical (unpaired) electrons. The van der Waals surface area contributed by atoms with Gasteiger partial charge >= 0.3 is 0 Å². The van der Waals surface area contributed by atoms with Crippen molar-refractivity contribution in [3.8, 4) is 11.1 Å². The highest BCUT2D eigenvalue weighted by molar-refractivity contribution is 6.32. The van der Waals surface area contributed by atoms with Crippen molar-refractivity contribution in [1.29, 1.82) is 0 Å². The van der Waals surface area contributed by atoms with E-state index in [1.54, 1.807) is 0 Å². The SMILES string of the molecule is Cc1ccc(-c2ccc([SiH3])cc2)cc1. The van der Waals surface area contributed by atoms with E-state index in [1.807, 2.05) is 0 Å². The van der Waals surface area contributed by atoms with E-state index in [1.165, 1.54) is 21.9 Å². The minimum atomic E-state index is 1.13. The summed E-state index contributed by atoms with van der Waals surface area (Å²) in [5.74, 6) is 0. The summed E-state index contributed by atoms with van der Waals surface area (Å²) in [6, 6.07) is 17.5. The van der Waals surface area contributed by atoms with Crippen LogP contribution in [0.25, 0.3) is 11.1 Å². The molecule has 0 saturated carbocycles. The van der Waals surface area contributed by atoms with Gasteiger partial charge in [0.15, 0.2) is 0 Å². The largest absolute Gasteiger partial charge is 0.0707 e. The van der Waals surface area contributed by atoms with Gasteiger partial charge in [0.25, 0.3) is 0 Å². The van der Waals surface area contributed by atoms with Crippen LogP contribution in [0.4, 0.5) is 0 Å². The van der Waals surface area contributed by atoms with Crippen molar-refractivity contribution < 1.29 is 0 Å². The molecule has 0 saturated heterocycles. The lowest BCUT2D eigenvalue weighted by molar-refractivity contribution is 1.47. The van der Waals surface area contributed by atoms with Crippen molar-refractivity contribution in [2.24, 2.45) is 0 Å². The van der Waals surface area contributed by atoms with Crippen LogP contribution in [-0.4, -0.2) is 10.2 Å². The Morgan fingerprint density at radius 2 is 1.14 bits per heavy atom. The van der Waals surface area contributed by atoms with Gasteiger partial charge in [-0.2, -0.15) is 0 Å². The van der Waals surface area contributed by atoms with Crippen molar-refractivity contribution in [2.75, 3.05) is 0 Å². The van der Waals surface area contributed by atoms with Crippen molar-refractivity contribution in [3.05, 3.63) is 54.1 Å². The van der Waals surface area contributed by atoms with Gasteiger partial charge in [-0.25, -0.2) is 0 Å². The van der Waals surface area contributed by atoms with Crippen LogP contribution in [-0.2, 0) is 0 Å². The number of aryl methyl sites for hydroxylation is 1. The van der Waals surface area contributed by atoms with Crippen LogP contribution < -0.4 is 5.19 Å². The second kappa shape index (κ2) is 3.80. The maximum atomic E-state index is 2.21. The fourth-order valence-corrected chi connectivity index (χ4v) is 1.83. The third kappa shape index (κ3) is 1.94. The van der Waals surface area contributed by atoms with Crippen LogP contribution in [0.5, 0.6) is 0 Å². The molecular formula is C13H14Si. The lowest BCUT2D eigenvalue weighted by atomic mass is 10.0. The predicted octanol–water partition coefficient (Wildman–Crippen LogP) is 1.65. The van der Waals surface area contributed by atoms with E-state index in [9.17, 15) is 0 Å². The van der Waals surface area contributed by atoms with Crippen molar-refractivity contribution in [1.82, 2.24) is 0 Å².